The average molecular weight is 244 g/mol. The van der Waals surface area contributed by atoms with E-state index in [1.807, 2.05) is 30.3 Å². The van der Waals surface area contributed by atoms with Crippen LogP contribution in [0, 0.1) is 5.82 Å². The molecule has 0 radical (unpaired) electrons. The van der Waals surface area contributed by atoms with Gasteiger partial charge in [-0.15, -0.1) is 0 Å². The number of carboxylic acid groups (broad SMARTS) is 1. The maximum atomic E-state index is 13.6. The predicted octanol–water partition coefficient (Wildman–Crippen LogP) is 3.24. The SMILES string of the molecule is O=C(O)C(Cc1ccccc1)c1ccccc1F. The molecule has 1 atom stereocenters. The second-order valence-electron chi connectivity index (χ2n) is 4.10. The van der Waals surface area contributed by atoms with Crippen LogP contribution in [0.1, 0.15) is 17.0 Å². The fraction of sp³-hybridized carbons (Fsp3) is 0.133. The Morgan fingerprint density at radius 2 is 1.67 bits per heavy atom. The lowest BCUT2D eigenvalue weighted by molar-refractivity contribution is -0.138. The van der Waals surface area contributed by atoms with Crippen LogP contribution in [0.2, 0.25) is 0 Å². The summed E-state index contributed by atoms with van der Waals surface area (Å²) in [4.78, 5) is 11.3. The zero-order chi connectivity index (χ0) is 13.0. The van der Waals surface area contributed by atoms with E-state index in [1.165, 1.54) is 12.1 Å². The fourth-order valence-corrected chi connectivity index (χ4v) is 1.94. The van der Waals surface area contributed by atoms with Crippen LogP contribution in [0.5, 0.6) is 0 Å². The number of halogens is 1. The molecule has 0 aliphatic carbocycles. The number of hydrogen-bond donors (Lipinski definition) is 1. The number of benzene rings is 2. The summed E-state index contributed by atoms with van der Waals surface area (Å²) in [5, 5.41) is 9.25. The van der Waals surface area contributed by atoms with Crippen LogP contribution in [-0.2, 0) is 11.2 Å². The number of aliphatic carboxylic acids is 1. The van der Waals surface area contributed by atoms with Crippen LogP contribution >= 0.6 is 0 Å². The van der Waals surface area contributed by atoms with Gasteiger partial charge in [0.1, 0.15) is 5.82 Å². The normalized spacial score (nSPS) is 12.1. The van der Waals surface area contributed by atoms with Gasteiger partial charge in [-0.1, -0.05) is 48.5 Å². The van der Waals surface area contributed by atoms with Gasteiger partial charge in [-0.25, -0.2) is 4.39 Å². The van der Waals surface area contributed by atoms with E-state index < -0.39 is 17.7 Å². The van der Waals surface area contributed by atoms with Crippen molar-refractivity contribution < 1.29 is 14.3 Å². The molecule has 0 amide bonds. The Labute approximate surface area is 105 Å². The molecule has 1 unspecified atom stereocenters. The van der Waals surface area contributed by atoms with Crippen molar-refractivity contribution in [3.63, 3.8) is 0 Å². The molecular weight excluding hydrogens is 231 g/mol. The first-order chi connectivity index (χ1) is 8.68. The minimum atomic E-state index is -1.01. The lowest BCUT2D eigenvalue weighted by Crippen LogP contribution is -2.15. The van der Waals surface area contributed by atoms with Crippen LogP contribution in [0.3, 0.4) is 0 Å². The monoisotopic (exact) mass is 244 g/mol. The van der Waals surface area contributed by atoms with Gasteiger partial charge in [0.15, 0.2) is 0 Å². The summed E-state index contributed by atoms with van der Waals surface area (Å²) >= 11 is 0. The Hall–Kier alpha value is -2.16. The van der Waals surface area contributed by atoms with Crippen LogP contribution in [0.4, 0.5) is 4.39 Å². The summed E-state index contributed by atoms with van der Waals surface area (Å²) in [6.07, 6.45) is 0.289. The van der Waals surface area contributed by atoms with Crippen molar-refractivity contribution >= 4 is 5.97 Å². The van der Waals surface area contributed by atoms with Gasteiger partial charge in [-0.05, 0) is 18.1 Å². The Bertz CT molecular complexity index is 537. The highest BCUT2D eigenvalue weighted by Gasteiger charge is 2.22. The molecule has 0 aliphatic rings. The van der Waals surface area contributed by atoms with Gasteiger partial charge in [0.2, 0.25) is 0 Å². The summed E-state index contributed by atoms with van der Waals surface area (Å²) in [5.74, 6) is -2.33. The molecular formula is C15H13FO2. The Kier molecular flexibility index (Phi) is 3.72. The van der Waals surface area contributed by atoms with Gasteiger partial charge in [0.25, 0.3) is 0 Å². The van der Waals surface area contributed by atoms with Crippen molar-refractivity contribution in [2.24, 2.45) is 0 Å². The third-order valence-electron chi connectivity index (χ3n) is 2.86. The minimum Gasteiger partial charge on any atom is -0.481 e. The molecule has 0 bridgehead atoms. The molecule has 0 fully saturated rings. The molecule has 1 N–H and O–H groups in total. The van der Waals surface area contributed by atoms with E-state index in [0.717, 1.165) is 5.56 Å². The highest BCUT2D eigenvalue weighted by atomic mass is 19.1. The lowest BCUT2D eigenvalue weighted by Gasteiger charge is -2.13. The van der Waals surface area contributed by atoms with Crippen LogP contribution in [-0.4, -0.2) is 11.1 Å². The van der Waals surface area contributed by atoms with Crippen molar-refractivity contribution in [2.75, 3.05) is 0 Å². The zero-order valence-electron chi connectivity index (χ0n) is 9.71. The third-order valence-corrected chi connectivity index (χ3v) is 2.86. The van der Waals surface area contributed by atoms with Crippen molar-refractivity contribution in [1.82, 2.24) is 0 Å². The van der Waals surface area contributed by atoms with E-state index in [9.17, 15) is 14.3 Å². The van der Waals surface area contributed by atoms with Crippen molar-refractivity contribution in [3.8, 4) is 0 Å². The molecule has 0 saturated heterocycles. The van der Waals surface area contributed by atoms with E-state index in [1.54, 1.807) is 12.1 Å². The summed E-state index contributed by atoms with van der Waals surface area (Å²) in [6.45, 7) is 0. The van der Waals surface area contributed by atoms with Gasteiger partial charge >= 0.3 is 5.97 Å². The fourth-order valence-electron chi connectivity index (χ4n) is 1.94. The Balaban J connectivity index is 2.30. The topological polar surface area (TPSA) is 37.3 Å². The number of carbonyl (C=O) groups is 1. The predicted molar refractivity (Wildman–Crippen MR) is 66.9 cm³/mol. The lowest BCUT2D eigenvalue weighted by atomic mass is 9.92. The highest BCUT2D eigenvalue weighted by Crippen LogP contribution is 2.23. The zero-order valence-corrected chi connectivity index (χ0v) is 9.71. The van der Waals surface area contributed by atoms with Crippen LogP contribution in [0.25, 0.3) is 0 Å². The molecule has 0 spiro atoms. The largest absolute Gasteiger partial charge is 0.481 e. The highest BCUT2D eigenvalue weighted by molar-refractivity contribution is 5.76. The van der Waals surface area contributed by atoms with E-state index in [4.69, 9.17) is 0 Å². The second kappa shape index (κ2) is 5.45. The molecule has 0 saturated carbocycles. The van der Waals surface area contributed by atoms with Crippen molar-refractivity contribution in [1.29, 1.82) is 0 Å². The van der Waals surface area contributed by atoms with Gasteiger partial charge in [-0.3, -0.25) is 4.79 Å². The first kappa shape index (κ1) is 12.3. The average Bonchev–Trinajstić information content (AvgIpc) is 2.38. The molecule has 2 aromatic rings. The molecule has 2 nitrogen and oxygen atoms in total. The standard InChI is InChI=1S/C15H13FO2/c16-14-9-5-4-8-12(14)13(15(17)18)10-11-6-2-1-3-7-11/h1-9,13H,10H2,(H,17,18). The van der Waals surface area contributed by atoms with E-state index >= 15 is 0 Å². The minimum absolute atomic E-state index is 0.230. The Morgan fingerprint density at radius 1 is 1.06 bits per heavy atom. The Morgan fingerprint density at radius 3 is 2.28 bits per heavy atom. The summed E-state index contributed by atoms with van der Waals surface area (Å²) in [7, 11) is 0. The van der Waals surface area contributed by atoms with E-state index in [2.05, 4.69) is 0 Å². The number of hydrogen-bond acceptors (Lipinski definition) is 1. The van der Waals surface area contributed by atoms with Gasteiger partial charge < -0.3 is 5.11 Å². The molecule has 2 rings (SSSR count). The number of rotatable bonds is 4. The number of carboxylic acids is 1. The van der Waals surface area contributed by atoms with Gasteiger partial charge in [-0.2, -0.15) is 0 Å². The molecule has 0 aromatic heterocycles. The summed E-state index contributed by atoms with van der Waals surface area (Å²) < 4.78 is 13.6. The smallest absolute Gasteiger partial charge is 0.311 e. The van der Waals surface area contributed by atoms with E-state index in [0.29, 0.717) is 0 Å². The summed E-state index contributed by atoms with van der Waals surface area (Å²) in [5.41, 5.74) is 1.11. The maximum absolute atomic E-state index is 13.6. The molecule has 92 valence electrons. The second-order valence-corrected chi connectivity index (χ2v) is 4.10. The first-order valence-electron chi connectivity index (χ1n) is 5.69. The molecule has 2 aromatic carbocycles. The van der Waals surface area contributed by atoms with Gasteiger partial charge in [0, 0.05) is 5.56 Å². The quantitative estimate of drug-likeness (QED) is 0.896. The third kappa shape index (κ3) is 2.74. The first-order valence-corrected chi connectivity index (χ1v) is 5.69. The molecule has 0 aliphatic heterocycles. The van der Waals surface area contributed by atoms with Crippen molar-refractivity contribution in [3.05, 3.63) is 71.5 Å². The molecule has 0 heterocycles. The summed E-state index contributed by atoms with van der Waals surface area (Å²) in [6, 6.07) is 15.3. The molecule has 3 heteroatoms. The van der Waals surface area contributed by atoms with Crippen LogP contribution in [0.15, 0.2) is 54.6 Å². The van der Waals surface area contributed by atoms with E-state index in [-0.39, 0.29) is 12.0 Å². The van der Waals surface area contributed by atoms with Crippen LogP contribution < -0.4 is 0 Å². The maximum Gasteiger partial charge on any atom is 0.311 e. The van der Waals surface area contributed by atoms with Gasteiger partial charge in [0.05, 0.1) is 5.92 Å². The molecule has 18 heavy (non-hydrogen) atoms. The van der Waals surface area contributed by atoms with Crippen molar-refractivity contribution in [2.45, 2.75) is 12.3 Å².